The molecule has 0 saturated heterocycles. The van der Waals surface area contributed by atoms with Crippen molar-refractivity contribution in [2.75, 3.05) is 13.1 Å². The lowest BCUT2D eigenvalue weighted by molar-refractivity contribution is -0.141. The summed E-state index contributed by atoms with van der Waals surface area (Å²) < 4.78 is 0. The fourth-order valence-corrected chi connectivity index (χ4v) is 1.53. The van der Waals surface area contributed by atoms with E-state index in [1.165, 1.54) is 0 Å². The molecule has 1 amide bonds. The molecule has 0 bridgehead atoms. The molecule has 0 radical (unpaired) electrons. The summed E-state index contributed by atoms with van der Waals surface area (Å²) in [5.74, 6) is -0.146. The number of amides is 1. The fraction of sp³-hybridized carbons (Fsp3) is 0.833. The van der Waals surface area contributed by atoms with Crippen molar-refractivity contribution in [2.45, 2.75) is 40.5 Å². The molecule has 0 aliphatic heterocycles. The van der Waals surface area contributed by atoms with E-state index >= 15 is 0 Å². The second kappa shape index (κ2) is 7.25. The van der Waals surface area contributed by atoms with Crippen molar-refractivity contribution >= 4 is 11.9 Å². The Morgan fingerprint density at radius 1 is 1.00 bits per heavy atom. The third-order valence-electron chi connectivity index (χ3n) is 2.08. The highest BCUT2D eigenvalue weighted by Gasteiger charge is 2.16. The number of rotatable bonds is 7. The van der Waals surface area contributed by atoms with Gasteiger partial charge >= 0.3 is 5.97 Å². The smallest absolute Gasteiger partial charge is 0.303 e. The predicted octanol–water partition coefficient (Wildman–Crippen LogP) is 1.99. The summed E-state index contributed by atoms with van der Waals surface area (Å²) in [5, 5.41) is 8.54. The van der Waals surface area contributed by atoms with Gasteiger partial charge in [-0.2, -0.15) is 0 Å². The van der Waals surface area contributed by atoms with Crippen molar-refractivity contribution in [3.05, 3.63) is 0 Å². The Morgan fingerprint density at radius 3 is 1.75 bits per heavy atom. The van der Waals surface area contributed by atoms with Crippen molar-refractivity contribution in [3.63, 3.8) is 0 Å². The lowest BCUT2D eigenvalue weighted by Crippen LogP contribution is -2.37. The minimum Gasteiger partial charge on any atom is -0.481 e. The standard InChI is InChI=1S/C12H23NO3/c1-9(2)7-13(8-10(3)4)11(14)5-6-12(15)16/h9-10H,5-8H2,1-4H3,(H,15,16). The molecule has 0 rings (SSSR count). The van der Waals surface area contributed by atoms with Crippen LogP contribution in [0.4, 0.5) is 0 Å². The summed E-state index contributed by atoms with van der Waals surface area (Å²) in [6, 6.07) is 0. The first-order chi connectivity index (χ1) is 7.32. The van der Waals surface area contributed by atoms with E-state index in [0.29, 0.717) is 24.9 Å². The zero-order valence-corrected chi connectivity index (χ0v) is 10.7. The zero-order chi connectivity index (χ0) is 12.7. The minimum atomic E-state index is -0.914. The SMILES string of the molecule is CC(C)CN(CC(C)C)C(=O)CCC(=O)O. The Kier molecular flexibility index (Phi) is 6.77. The van der Waals surface area contributed by atoms with Crippen LogP contribution in [0.5, 0.6) is 0 Å². The lowest BCUT2D eigenvalue weighted by Gasteiger charge is -2.26. The van der Waals surface area contributed by atoms with Gasteiger partial charge < -0.3 is 10.0 Å². The van der Waals surface area contributed by atoms with Crippen LogP contribution in [-0.2, 0) is 9.59 Å². The third-order valence-corrected chi connectivity index (χ3v) is 2.08. The van der Waals surface area contributed by atoms with Crippen LogP contribution < -0.4 is 0 Å². The molecule has 0 saturated carbocycles. The van der Waals surface area contributed by atoms with E-state index in [1.807, 2.05) is 0 Å². The molecule has 0 fully saturated rings. The van der Waals surface area contributed by atoms with Crippen LogP contribution >= 0.6 is 0 Å². The number of hydrogen-bond donors (Lipinski definition) is 1. The molecule has 0 spiro atoms. The number of aliphatic carboxylic acids is 1. The van der Waals surface area contributed by atoms with E-state index < -0.39 is 5.97 Å². The van der Waals surface area contributed by atoms with Crippen molar-refractivity contribution < 1.29 is 14.7 Å². The Labute approximate surface area is 97.6 Å². The van der Waals surface area contributed by atoms with Gasteiger partial charge in [0.1, 0.15) is 0 Å². The summed E-state index contributed by atoms with van der Waals surface area (Å²) in [6.45, 7) is 9.62. The quantitative estimate of drug-likeness (QED) is 0.726. The monoisotopic (exact) mass is 229 g/mol. The second-order valence-electron chi connectivity index (χ2n) is 4.98. The van der Waals surface area contributed by atoms with Crippen molar-refractivity contribution in [2.24, 2.45) is 11.8 Å². The van der Waals surface area contributed by atoms with Crippen LogP contribution in [0.2, 0.25) is 0 Å². The van der Waals surface area contributed by atoms with Crippen LogP contribution in [0.25, 0.3) is 0 Å². The highest BCUT2D eigenvalue weighted by Crippen LogP contribution is 2.07. The highest BCUT2D eigenvalue weighted by molar-refractivity contribution is 5.80. The number of nitrogens with zero attached hydrogens (tertiary/aromatic N) is 1. The van der Waals surface area contributed by atoms with E-state index in [2.05, 4.69) is 27.7 Å². The summed E-state index contributed by atoms with van der Waals surface area (Å²) in [5.41, 5.74) is 0. The maximum absolute atomic E-state index is 11.8. The minimum absolute atomic E-state index is 0.0511. The van der Waals surface area contributed by atoms with Gasteiger partial charge in [-0.25, -0.2) is 0 Å². The molecule has 16 heavy (non-hydrogen) atoms. The third kappa shape index (κ3) is 7.26. The maximum atomic E-state index is 11.8. The highest BCUT2D eigenvalue weighted by atomic mass is 16.4. The second-order valence-corrected chi connectivity index (χ2v) is 4.98. The van der Waals surface area contributed by atoms with Gasteiger partial charge in [-0.3, -0.25) is 9.59 Å². The summed E-state index contributed by atoms with van der Waals surface area (Å²) in [7, 11) is 0. The molecule has 0 aliphatic carbocycles. The van der Waals surface area contributed by atoms with E-state index in [-0.39, 0.29) is 18.7 Å². The van der Waals surface area contributed by atoms with Gasteiger partial charge in [-0.1, -0.05) is 27.7 Å². The first kappa shape index (κ1) is 14.9. The fourth-order valence-electron chi connectivity index (χ4n) is 1.53. The zero-order valence-electron chi connectivity index (χ0n) is 10.7. The van der Waals surface area contributed by atoms with Gasteiger partial charge in [0.05, 0.1) is 6.42 Å². The number of carboxylic acid groups (broad SMARTS) is 1. The molecule has 4 heteroatoms. The Bertz CT molecular complexity index is 226. The molecule has 94 valence electrons. The summed E-state index contributed by atoms with van der Waals surface area (Å²) >= 11 is 0. The molecule has 0 aromatic carbocycles. The van der Waals surface area contributed by atoms with E-state index in [0.717, 1.165) is 0 Å². The molecular weight excluding hydrogens is 206 g/mol. The largest absolute Gasteiger partial charge is 0.481 e. The number of carbonyl (C=O) groups excluding carboxylic acids is 1. The van der Waals surface area contributed by atoms with Gasteiger partial charge in [-0.05, 0) is 11.8 Å². The maximum Gasteiger partial charge on any atom is 0.303 e. The van der Waals surface area contributed by atoms with Crippen LogP contribution in [-0.4, -0.2) is 35.0 Å². The van der Waals surface area contributed by atoms with Crippen molar-refractivity contribution in [1.82, 2.24) is 4.90 Å². The van der Waals surface area contributed by atoms with Gasteiger partial charge in [-0.15, -0.1) is 0 Å². The first-order valence-corrected chi connectivity index (χ1v) is 5.82. The Morgan fingerprint density at radius 2 is 1.44 bits per heavy atom. The molecule has 1 N–H and O–H groups in total. The topological polar surface area (TPSA) is 57.6 Å². The van der Waals surface area contributed by atoms with Crippen molar-refractivity contribution in [3.8, 4) is 0 Å². The van der Waals surface area contributed by atoms with Gasteiger partial charge in [0.25, 0.3) is 0 Å². The average molecular weight is 229 g/mol. The Balaban J connectivity index is 4.25. The first-order valence-electron chi connectivity index (χ1n) is 5.82. The van der Waals surface area contributed by atoms with Crippen LogP contribution in [0.1, 0.15) is 40.5 Å². The summed E-state index contributed by atoms with van der Waals surface area (Å²) in [4.78, 5) is 24.0. The summed E-state index contributed by atoms with van der Waals surface area (Å²) in [6.07, 6.45) is 0.0281. The molecule has 4 nitrogen and oxygen atoms in total. The van der Waals surface area contributed by atoms with Crippen molar-refractivity contribution in [1.29, 1.82) is 0 Å². The van der Waals surface area contributed by atoms with E-state index in [1.54, 1.807) is 4.90 Å². The van der Waals surface area contributed by atoms with Crippen LogP contribution in [0.15, 0.2) is 0 Å². The molecule has 0 heterocycles. The number of carbonyl (C=O) groups is 2. The number of hydrogen-bond acceptors (Lipinski definition) is 2. The molecular formula is C12H23NO3. The molecule has 0 aliphatic rings. The molecule has 0 aromatic heterocycles. The van der Waals surface area contributed by atoms with Gasteiger partial charge in [0.2, 0.25) is 5.91 Å². The molecule has 0 unspecified atom stereocenters. The van der Waals surface area contributed by atoms with Crippen LogP contribution in [0, 0.1) is 11.8 Å². The van der Waals surface area contributed by atoms with Gasteiger partial charge in [0.15, 0.2) is 0 Å². The average Bonchev–Trinajstić information content (AvgIpc) is 2.11. The number of carboxylic acids is 1. The molecule has 0 atom stereocenters. The normalized spacial score (nSPS) is 10.9. The Hall–Kier alpha value is -1.06. The van der Waals surface area contributed by atoms with E-state index in [4.69, 9.17) is 5.11 Å². The van der Waals surface area contributed by atoms with Crippen LogP contribution in [0.3, 0.4) is 0 Å². The lowest BCUT2D eigenvalue weighted by atomic mass is 10.1. The van der Waals surface area contributed by atoms with E-state index in [9.17, 15) is 9.59 Å². The van der Waals surface area contributed by atoms with Gasteiger partial charge in [0, 0.05) is 19.5 Å². The predicted molar refractivity (Wildman–Crippen MR) is 63.1 cm³/mol. The molecule has 0 aromatic rings.